The Labute approximate surface area is 312 Å². The van der Waals surface area contributed by atoms with E-state index in [4.69, 9.17) is 0 Å². The Hall–Kier alpha value is -5.72. The van der Waals surface area contributed by atoms with Crippen molar-refractivity contribution in [2.45, 2.75) is 57.8 Å². The van der Waals surface area contributed by atoms with Crippen molar-refractivity contribution < 1.29 is 0 Å². The molecule has 0 fully saturated rings. The highest BCUT2D eigenvalue weighted by molar-refractivity contribution is 6.22. The molecule has 0 nitrogen and oxygen atoms in total. The van der Waals surface area contributed by atoms with Gasteiger partial charge in [0.05, 0.1) is 0 Å². The summed E-state index contributed by atoms with van der Waals surface area (Å²) >= 11 is 0. The summed E-state index contributed by atoms with van der Waals surface area (Å²) in [5.74, 6) is 0. The Morgan fingerprint density at radius 2 is 0.717 bits per heavy atom. The lowest BCUT2D eigenvalue weighted by molar-refractivity contribution is 0.652. The smallest absolute Gasteiger partial charge is 0.0165 e. The van der Waals surface area contributed by atoms with Gasteiger partial charge in [-0.3, -0.25) is 0 Å². The Kier molecular flexibility index (Phi) is 5.96. The predicted molar refractivity (Wildman–Crippen MR) is 225 cm³/mol. The average Bonchev–Trinajstić information content (AvgIpc) is 3.66. The van der Waals surface area contributed by atoms with E-state index in [1.54, 1.807) is 0 Å². The minimum absolute atomic E-state index is 0.0660. The van der Waals surface area contributed by atoms with E-state index in [9.17, 15) is 0 Å². The van der Waals surface area contributed by atoms with E-state index < -0.39 is 0 Å². The van der Waals surface area contributed by atoms with Crippen molar-refractivity contribution >= 4 is 21.5 Å². The molecular weight excluding hydrogens is 637 g/mol. The standard InChI is InChI=1S/C53H42/c1-51(2)41-24-14-11-17-32(41)33-28-27-31(29-44(33)51)46-34-18-7-9-20-36(34)47(37-21-10-8-19-35(37)46)40-30-45-48(38-22-12-15-25-42(38)52(45,3)4)49-39-23-13-16-26-43(39)53(5,6)50(40)49/h7-30H,1-6H3. The van der Waals surface area contributed by atoms with Crippen molar-refractivity contribution in [1.29, 1.82) is 0 Å². The van der Waals surface area contributed by atoms with Crippen molar-refractivity contribution in [1.82, 2.24) is 0 Å². The van der Waals surface area contributed by atoms with E-state index in [-0.39, 0.29) is 16.2 Å². The molecule has 0 N–H and O–H groups in total. The molecule has 53 heavy (non-hydrogen) atoms. The highest BCUT2D eigenvalue weighted by Gasteiger charge is 2.45. The second-order valence-corrected chi connectivity index (χ2v) is 17.2. The zero-order chi connectivity index (χ0) is 36.0. The van der Waals surface area contributed by atoms with Gasteiger partial charge in [-0.1, -0.05) is 175 Å². The summed E-state index contributed by atoms with van der Waals surface area (Å²) in [6, 6.07) is 55.5. The summed E-state index contributed by atoms with van der Waals surface area (Å²) in [7, 11) is 0. The maximum Gasteiger partial charge on any atom is 0.0165 e. The second-order valence-electron chi connectivity index (χ2n) is 17.2. The van der Waals surface area contributed by atoms with Crippen LogP contribution in [0.15, 0.2) is 146 Å². The summed E-state index contributed by atoms with van der Waals surface area (Å²) in [5, 5.41) is 5.23. The van der Waals surface area contributed by atoms with Gasteiger partial charge >= 0.3 is 0 Å². The Balaban J connectivity index is 1.26. The molecule has 0 heterocycles. The maximum absolute atomic E-state index is 2.60. The van der Waals surface area contributed by atoms with Crippen LogP contribution in [0.25, 0.3) is 77.2 Å². The molecule has 0 amide bonds. The zero-order valence-corrected chi connectivity index (χ0v) is 31.4. The van der Waals surface area contributed by atoms with E-state index in [1.807, 2.05) is 0 Å². The Morgan fingerprint density at radius 3 is 1.32 bits per heavy atom. The Bertz CT molecular complexity index is 2850. The van der Waals surface area contributed by atoms with Gasteiger partial charge in [0.25, 0.3) is 0 Å². The molecule has 0 radical (unpaired) electrons. The molecule has 3 aliphatic carbocycles. The number of fused-ring (bicyclic) bond motifs is 12. The van der Waals surface area contributed by atoms with E-state index in [0.717, 1.165) is 0 Å². The van der Waals surface area contributed by atoms with Crippen molar-refractivity contribution in [3.05, 3.63) is 179 Å². The normalized spacial score (nSPS) is 16.2. The topological polar surface area (TPSA) is 0 Å². The zero-order valence-electron chi connectivity index (χ0n) is 31.4. The van der Waals surface area contributed by atoms with E-state index in [2.05, 4.69) is 187 Å². The average molecular weight is 679 g/mol. The highest BCUT2D eigenvalue weighted by atomic mass is 14.5. The van der Waals surface area contributed by atoms with Crippen LogP contribution in [0.1, 0.15) is 74.9 Å². The van der Waals surface area contributed by atoms with Crippen LogP contribution in [-0.2, 0) is 16.2 Å². The van der Waals surface area contributed by atoms with Crippen molar-refractivity contribution in [3.63, 3.8) is 0 Å². The Morgan fingerprint density at radius 1 is 0.283 bits per heavy atom. The van der Waals surface area contributed by atoms with E-state index in [0.29, 0.717) is 0 Å². The van der Waals surface area contributed by atoms with Crippen molar-refractivity contribution in [2.24, 2.45) is 0 Å². The van der Waals surface area contributed by atoms with E-state index >= 15 is 0 Å². The first-order valence-electron chi connectivity index (χ1n) is 19.2. The van der Waals surface area contributed by atoms with Crippen molar-refractivity contribution in [2.75, 3.05) is 0 Å². The van der Waals surface area contributed by atoms with Gasteiger partial charge in [0.2, 0.25) is 0 Å². The fourth-order valence-electron chi connectivity index (χ4n) is 10.9. The minimum Gasteiger partial charge on any atom is -0.0619 e. The lowest BCUT2D eigenvalue weighted by Gasteiger charge is -2.29. The lowest BCUT2D eigenvalue weighted by Crippen LogP contribution is -2.18. The number of hydrogen-bond acceptors (Lipinski definition) is 0. The molecule has 254 valence electrons. The van der Waals surface area contributed by atoms with Gasteiger partial charge in [-0.15, -0.1) is 0 Å². The fraction of sp³-hybridized carbons (Fsp3) is 0.170. The van der Waals surface area contributed by atoms with Crippen LogP contribution in [0, 0.1) is 0 Å². The van der Waals surface area contributed by atoms with Gasteiger partial charge in [0, 0.05) is 16.2 Å². The molecular formula is C53H42. The summed E-state index contributed by atoms with van der Waals surface area (Å²) in [6.07, 6.45) is 0. The van der Waals surface area contributed by atoms with Gasteiger partial charge in [-0.05, 0) is 123 Å². The molecule has 0 heteroatoms. The maximum atomic E-state index is 2.60. The number of rotatable bonds is 2. The van der Waals surface area contributed by atoms with Crippen LogP contribution < -0.4 is 0 Å². The van der Waals surface area contributed by atoms with Crippen LogP contribution in [0.5, 0.6) is 0 Å². The third kappa shape index (κ3) is 3.81. The summed E-state index contributed by atoms with van der Waals surface area (Å²) < 4.78 is 0. The lowest BCUT2D eigenvalue weighted by atomic mass is 9.73. The molecule has 0 bridgehead atoms. The minimum atomic E-state index is -0.181. The van der Waals surface area contributed by atoms with E-state index in [1.165, 1.54) is 111 Å². The molecule has 0 saturated heterocycles. The molecule has 0 unspecified atom stereocenters. The van der Waals surface area contributed by atoms with Gasteiger partial charge in [-0.2, -0.15) is 0 Å². The number of benzene rings is 8. The SMILES string of the molecule is CC1(C)c2ccccc2-c2ccc(-c3c4ccccc4c(-c4cc5c(c6c4C(C)(C)c4ccccc4-6)-c4ccccc4C5(C)C)c4ccccc34)cc21. The highest BCUT2D eigenvalue weighted by Crippen LogP contribution is 2.62. The molecule has 0 aromatic heterocycles. The van der Waals surface area contributed by atoms with Gasteiger partial charge in [0.1, 0.15) is 0 Å². The fourth-order valence-corrected chi connectivity index (χ4v) is 10.9. The molecule has 0 atom stereocenters. The first-order valence-corrected chi connectivity index (χ1v) is 19.2. The van der Waals surface area contributed by atoms with Gasteiger partial charge < -0.3 is 0 Å². The third-order valence-electron chi connectivity index (χ3n) is 13.4. The number of hydrogen-bond donors (Lipinski definition) is 0. The van der Waals surface area contributed by atoms with Gasteiger partial charge in [-0.25, -0.2) is 0 Å². The molecule has 11 rings (SSSR count). The first-order chi connectivity index (χ1) is 25.6. The predicted octanol–water partition coefficient (Wildman–Crippen LogP) is 14.2. The van der Waals surface area contributed by atoms with Crippen LogP contribution in [0.4, 0.5) is 0 Å². The first kappa shape index (κ1) is 30.9. The third-order valence-corrected chi connectivity index (χ3v) is 13.4. The van der Waals surface area contributed by atoms with Crippen LogP contribution in [0.3, 0.4) is 0 Å². The molecule has 8 aromatic rings. The van der Waals surface area contributed by atoms with Crippen LogP contribution in [-0.4, -0.2) is 0 Å². The van der Waals surface area contributed by atoms with Crippen molar-refractivity contribution in [3.8, 4) is 55.6 Å². The molecule has 0 spiro atoms. The largest absolute Gasteiger partial charge is 0.0619 e. The molecule has 3 aliphatic rings. The second kappa shape index (κ2) is 10.2. The van der Waals surface area contributed by atoms with Crippen LogP contribution in [0.2, 0.25) is 0 Å². The summed E-state index contributed by atoms with van der Waals surface area (Å²) in [4.78, 5) is 0. The quantitative estimate of drug-likeness (QED) is 0.160. The molecule has 0 aliphatic heterocycles. The molecule has 8 aromatic carbocycles. The van der Waals surface area contributed by atoms with Gasteiger partial charge in [0.15, 0.2) is 0 Å². The summed E-state index contributed by atoms with van der Waals surface area (Å²) in [6.45, 7) is 14.5. The monoisotopic (exact) mass is 678 g/mol. The summed E-state index contributed by atoms with van der Waals surface area (Å²) in [5.41, 5.74) is 21.8. The molecule has 0 saturated carbocycles. The van der Waals surface area contributed by atoms with Crippen LogP contribution >= 0.6 is 0 Å².